The first-order chi connectivity index (χ1) is 20.9. The minimum Gasteiger partial charge on any atom is -0.479 e. The lowest BCUT2D eigenvalue weighted by atomic mass is 9.95. The van der Waals surface area contributed by atoms with Crippen molar-refractivity contribution in [2.45, 2.75) is 76.6 Å². The Morgan fingerprint density at radius 1 is 0.727 bits per heavy atom. The smallest absolute Gasteiger partial charge is 0.335 e. The summed E-state index contributed by atoms with van der Waals surface area (Å²) in [6.07, 6.45) is 5.07. The van der Waals surface area contributed by atoms with Crippen LogP contribution in [0, 0.1) is 0 Å². The van der Waals surface area contributed by atoms with Crippen LogP contribution >= 0.6 is 0 Å². The first kappa shape index (κ1) is 34.8. The number of hydrogen-bond donors (Lipinski definition) is 3. The molecule has 1 aromatic carbocycles. The van der Waals surface area contributed by atoms with Crippen molar-refractivity contribution in [2.75, 3.05) is 26.4 Å². The molecule has 3 aromatic rings. The maximum atomic E-state index is 11.9. The molecule has 0 bridgehead atoms. The molecule has 44 heavy (non-hydrogen) atoms. The third-order valence-electron chi connectivity index (χ3n) is 7.61. The third-order valence-corrected chi connectivity index (χ3v) is 7.61. The van der Waals surface area contributed by atoms with Crippen LogP contribution in [0.2, 0.25) is 0 Å². The molecule has 2 aliphatic heterocycles. The standard InChI is InChI=1S/C20H23NO4.C13H17NO4.CH4/c22-19(20(23)25-14-15-4-2-1-3-5-15)12-16-6-7-18(21-13-16)17-8-10-24-11-9-17;15-12(13(16)17)7-9-1-2-11(14-8-9)10-3-5-18-6-4-10;/h1-7,13,17,19,22H,8-12,14H2;1-2,8,10,12,15H,3-7H2,(H,16,17);1H4/t19-;12-;/m00./s1. The van der Waals surface area contributed by atoms with E-state index in [4.69, 9.17) is 19.3 Å². The lowest BCUT2D eigenvalue weighted by Crippen LogP contribution is -2.25. The normalized spacial score (nSPS) is 16.9. The van der Waals surface area contributed by atoms with Crippen molar-refractivity contribution in [3.8, 4) is 0 Å². The van der Waals surface area contributed by atoms with Gasteiger partial charge in [0.25, 0.3) is 0 Å². The molecule has 0 radical (unpaired) electrons. The average Bonchev–Trinajstić information content (AvgIpc) is 3.06. The number of esters is 1. The first-order valence-electron chi connectivity index (χ1n) is 14.7. The Kier molecular flexibility index (Phi) is 14.4. The molecule has 10 heteroatoms. The number of ether oxygens (including phenoxy) is 3. The fourth-order valence-corrected chi connectivity index (χ4v) is 5.03. The van der Waals surface area contributed by atoms with Crippen molar-refractivity contribution in [3.05, 3.63) is 95.1 Å². The second kappa shape index (κ2) is 18.2. The Labute approximate surface area is 259 Å². The summed E-state index contributed by atoms with van der Waals surface area (Å²) in [6.45, 7) is 3.26. The molecule has 2 saturated heterocycles. The monoisotopic (exact) mass is 608 g/mol. The van der Waals surface area contributed by atoms with E-state index in [0.717, 1.165) is 80.2 Å². The van der Waals surface area contributed by atoms with Crippen molar-refractivity contribution in [3.63, 3.8) is 0 Å². The van der Waals surface area contributed by atoms with E-state index in [1.165, 1.54) is 0 Å². The van der Waals surface area contributed by atoms with E-state index < -0.39 is 24.1 Å². The van der Waals surface area contributed by atoms with Gasteiger partial charge in [-0.05, 0) is 54.5 Å². The van der Waals surface area contributed by atoms with Crippen LogP contribution in [0.5, 0.6) is 0 Å². The number of pyridine rings is 2. The van der Waals surface area contributed by atoms with Crippen LogP contribution in [0.4, 0.5) is 0 Å². The molecule has 2 atom stereocenters. The zero-order valence-electron chi connectivity index (χ0n) is 24.2. The Bertz CT molecular complexity index is 1260. The van der Waals surface area contributed by atoms with E-state index in [1.54, 1.807) is 12.4 Å². The number of hydrogen-bond acceptors (Lipinski definition) is 9. The van der Waals surface area contributed by atoms with Crippen molar-refractivity contribution >= 4 is 11.9 Å². The summed E-state index contributed by atoms with van der Waals surface area (Å²) in [6, 6.07) is 17.1. The van der Waals surface area contributed by atoms with Crippen LogP contribution in [-0.2, 0) is 43.2 Å². The maximum Gasteiger partial charge on any atom is 0.335 e. The number of aliphatic carboxylic acids is 1. The topological polar surface area (TPSA) is 148 Å². The van der Waals surface area contributed by atoms with Crippen molar-refractivity contribution < 1.29 is 39.1 Å². The number of carboxylic acid groups (broad SMARTS) is 1. The number of aliphatic hydroxyl groups excluding tert-OH is 2. The molecule has 3 N–H and O–H groups in total. The molecule has 4 heterocycles. The van der Waals surface area contributed by atoms with Gasteiger partial charge in [0, 0.05) is 74.9 Å². The summed E-state index contributed by atoms with van der Waals surface area (Å²) in [5.74, 6) is -0.957. The van der Waals surface area contributed by atoms with E-state index in [1.807, 2.05) is 54.6 Å². The third kappa shape index (κ3) is 11.1. The molecule has 10 nitrogen and oxygen atoms in total. The fourth-order valence-electron chi connectivity index (χ4n) is 5.03. The van der Waals surface area contributed by atoms with Crippen molar-refractivity contribution in [2.24, 2.45) is 0 Å². The van der Waals surface area contributed by atoms with Gasteiger partial charge in [0.1, 0.15) is 6.61 Å². The molecular weight excluding hydrogens is 564 g/mol. The molecule has 0 unspecified atom stereocenters. The van der Waals surface area contributed by atoms with Crippen LogP contribution < -0.4 is 0 Å². The van der Waals surface area contributed by atoms with Gasteiger partial charge in [-0.15, -0.1) is 0 Å². The van der Waals surface area contributed by atoms with Gasteiger partial charge in [-0.25, -0.2) is 9.59 Å². The highest BCUT2D eigenvalue weighted by atomic mass is 16.5. The zero-order valence-corrected chi connectivity index (χ0v) is 24.2. The van der Waals surface area contributed by atoms with E-state index >= 15 is 0 Å². The molecule has 0 spiro atoms. The molecule has 5 rings (SSSR count). The predicted octanol–water partition coefficient (Wildman–Crippen LogP) is 4.22. The number of aromatic nitrogens is 2. The van der Waals surface area contributed by atoms with Gasteiger partial charge in [0.05, 0.1) is 0 Å². The number of carbonyl (C=O) groups is 2. The number of rotatable bonds is 10. The number of carbonyl (C=O) groups excluding carboxylic acids is 1. The van der Waals surface area contributed by atoms with Gasteiger partial charge >= 0.3 is 11.9 Å². The maximum absolute atomic E-state index is 11.9. The summed E-state index contributed by atoms with van der Waals surface area (Å²) in [5.41, 5.74) is 4.52. The molecule has 238 valence electrons. The first-order valence-corrected chi connectivity index (χ1v) is 14.7. The van der Waals surface area contributed by atoms with Crippen LogP contribution in [-0.4, -0.2) is 75.9 Å². The average molecular weight is 609 g/mol. The largest absolute Gasteiger partial charge is 0.479 e. The van der Waals surface area contributed by atoms with Crippen molar-refractivity contribution in [1.82, 2.24) is 9.97 Å². The second-order valence-electron chi connectivity index (χ2n) is 10.8. The van der Waals surface area contributed by atoms with Crippen LogP contribution in [0.3, 0.4) is 0 Å². The van der Waals surface area contributed by atoms with Gasteiger partial charge in [-0.1, -0.05) is 49.9 Å². The summed E-state index contributed by atoms with van der Waals surface area (Å²) in [4.78, 5) is 31.3. The Balaban J connectivity index is 0.000000247. The van der Waals surface area contributed by atoms with Crippen LogP contribution in [0.25, 0.3) is 0 Å². The quantitative estimate of drug-likeness (QED) is 0.286. The lowest BCUT2D eigenvalue weighted by molar-refractivity contribution is -0.154. The Morgan fingerprint density at radius 3 is 1.64 bits per heavy atom. The van der Waals surface area contributed by atoms with Gasteiger partial charge in [-0.2, -0.15) is 0 Å². The lowest BCUT2D eigenvalue weighted by Gasteiger charge is -2.21. The molecular formula is C34H44N2O8. The summed E-state index contributed by atoms with van der Waals surface area (Å²) in [7, 11) is 0. The highest BCUT2D eigenvalue weighted by molar-refractivity contribution is 5.74. The molecule has 0 saturated carbocycles. The molecule has 0 aliphatic carbocycles. The highest BCUT2D eigenvalue weighted by Gasteiger charge is 2.20. The molecule has 2 aliphatic rings. The Hall–Kier alpha value is -3.70. The zero-order chi connectivity index (χ0) is 30.4. The number of nitrogens with zero attached hydrogens (tertiary/aromatic N) is 2. The van der Waals surface area contributed by atoms with E-state index in [0.29, 0.717) is 11.8 Å². The number of benzene rings is 1. The van der Waals surface area contributed by atoms with Gasteiger partial charge in [-0.3, -0.25) is 9.97 Å². The molecule has 2 aromatic heterocycles. The van der Waals surface area contributed by atoms with Gasteiger partial charge in [0.2, 0.25) is 0 Å². The number of aliphatic hydroxyl groups is 2. The van der Waals surface area contributed by atoms with E-state index in [9.17, 15) is 19.8 Å². The Morgan fingerprint density at radius 2 is 1.20 bits per heavy atom. The predicted molar refractivity (Wildman–Crippen MR) is 164 cm³/mol. The van der Waals surface area contributed by atoms with Crippen molar-refractivity contribution in [1.29, 1.82) is 0 Å². The van der Waals surface area contributed by atoms with Gasteiger partial charge < -0.3 is 29.5 Å². The molecule has 0 amide bonds. The highest BCUT2D eigenvalue weighted by Crippen LogP contribution is 2.26. The second-order valence-corrected chi connectivity index (χ2v) is 10.8. The van der Waals surface area contributed by atoms with Crippen LogP contribution in [0.15, 0.2) is 67.0 Å². The molecule has 2 fully saturated rings. The fraction of sp³-hybridized carbons (Fsp3) is 0.471. The SMILES string of the molecule is C.O=C(O)[C@@H](O)Cc1ccc(C2CCOCC2)nc1.O=C(OCc1ccccc1)[C@@H](O)Cc1ccc(C2CCOCC2)nc1. The number of carboxylic acids is 1. The van der Waals surface area contributed by atoms with E-state index in [-0.39, 0.29) is 26.9 Å². The van der Waals surface area contributed by atoms with E-state index in [2.05, 4.69) is 9.97 Å². The van der Waals surface area contributed by atoms with Crippen LogP contribution in [0.1, 0.15) is 73.0 Å². The summed E-state index contributed by atoms with van der Waals surface area (Å²) < 4.78 is 15.8. The summed E-state index contributed by atoms with van der Waals surface area (Å²) >= 11 is 0. The van der Waals surface area contributed by atoms with Gasteiger partial charge in [0.15, 0.2) is 12.2 Å². The minimum absolute atomic E-state index is 0. The minimum atomic E-state index is -1.36. The summed E-state index contributed by atoms with van der Waals surface area (Å²) in [5, 5.41) is 27.9.